The summed E-state index contributed by atoms with van der Waals surface area (Å²) in [6, 6.07) is 9.43. The van der Waals surface area contributed by atoms with Crippen LogP contribution in [0.15, 0.2) is 30.3 Å². The highest BCUT2D eigenvalue weighted by atomic mass is 35.5. The van der Waals surface area contributed by atoms with Crippen LogP contribution in [0, 0.1) is 6.92 Å². The highest BCUT2D eigenvalue weighted by Gasteiger charge is 2.20. The van der Waals surface area contributed by atoms with Crippen LogP contribution in [-0.2, 0) is 6.54 Å². The molecule has 0 saturated heterocycles. The third-order valence-corrected chi connectivity index (χ3v) is 6.18. The monoisotopic (exact) mass is 440 g/mol. The molecule has 0 fully saturated rings. The van der Waals surface area contributed by atoms with E-state index in [1.807, 2.05) is 31.2 Å². The van der Waals surface area contributed by atoms with E-state index in [1.54, 1.807) is 6.07 Å². The lowest BCUT2D eigenvalue weighted by Crippen LogP contribution is -2.24. The summed E-state index contributed by atoms with van der Waals surface area (Å²) in [6.45, 7) is 5.11. The van der Waals surface area contributed by atoms with Gasteiger partial charge in [-0.05, 0) is 36.3 Å². The van der Waals surface area contributed by atoms with Gasteiger partial charge in [-0.15, -0.1) is 21.5 Å². The Labute approximate surface area is 182 Å². The van der Waals surface area contributed by atoms with E-state index in [9.17, 15) is 4.79 Å². The normalized spacial score (nSPS) is 11.2. The molecule has 2 N–H and O–H groups in total. The number of aromatic nitrogens is 4. The Kier molecular flexibility index (Phi) is 6.06. The molecule has 154 valence electrons. The standard InChI is InChI=1S/C21H21ClN6OS/c1-3-4-9-23-20(29)14-10-12(2)25-21-16(14)17-18(30-21)19(27-28-26-17)24-11-13-7-5-6-8-15(13)22/h5-8,10H,3-4,9,11H2,1-2H3,(H,23,29)(H,24,26,27). The first-order valence-electron chi connectivity index (χ1n) is 9.77. The minimum atomic E-state index is -0.122. The van der Waals surface area contributed by atoms with Gasteiger partial charge in [0.05, 0.1) is 10.9 Å². The molecule has 0 bridgehead atoms. The molecule has 1 aromatic carbocycles. The number of nitrogens with zero attached hydrogens (tertiary/aromatic N) is 4. The van der Waals surface area contributed by atoms with Gasteiger partial charge in [-0.25, -0.2) is 4.98 Å². The summed E-state index contributed by atoms with van der Waals surface area (Å²) in [7, 11) is 0. The molecule has 3 aromatic heterocycles. The Morgan fingerprint density at radius 3 is 2.87 bits per heavy atom. The number of carbonyl (C=O) groups is 1. The van der Waals surface area contributed by atoms with Crippen LogP contribution in [0.5, 0.6) is 0 Å². The summed E-state index contributed by atoms with van der Waals surface area (Å²) >= 11 is 7.71. The van der Waals surface area contributed by atoms with Crippen LogP contribution in [0.3, 0.4) is 0 Å². The van der Waals surface area contributed by atoms with Gasteiger partial charge >= 0.3 is 0 Å². The number of pyridine rings is 1. The molecule has 4 aromatic rings. The van der Waals surface area contributed by atoms with E-state index < -0.39 is 0 Å². The number of halogens is 1. The Bertz CT molecular complexity index is 1230. The lowest BCUT2D eigenvalue weighted by atomic mass is 10.1. The van der Waals surface area contributed by atoms with Gasteiger partial charge in [-0.2, -0.15) is 0 Å². The number of anilines is 1. The van der Waals surface area contributed by atoms with E-state index in [4.69, 9.17) is 11.6 Å². The lowest BCUT2D eigenvalue weighted by molar-refractivity contribution is 0.0954. The summed E-state index contributed by atoms with van der Waals surface area (Å²) in [5.41, 5.74) is 2.93. The number of nitrogens with one attached hydrogen (secondary N) is 2. The van der Waals surface area contributed by atoms with Gasteiger partial charge in [0.25, 0.3) is 5.91 Å². The molecule has 0 aliphatic rings. The smallest absolute Gasteiger partial charge is 0.252 e. The molecule has 0 spiro atoms. The average molecular weight is 441 g/mol. The number of thiophene rings is 1. The van der Waals surface area contributed by atoms with E-state index in [0.29, 0.717) is 40.4 Å². The molecule has 0 radical (unpaired) electrons. The maximum absolute atomic E-state index is 12.8. The van der Waals surface area contributed by atoms with Gasteiger partial charge in [0.1, 0.15) is 15.0 Å². The number of fused-ring (bicyclic) bond motifs is 3. The fourth-order valence-electron chi connectivity index (χ4n) is 3.21. The first kappa shape index (κ1) is 20.4. The van der Waals surface area contributed by atoms with Crippen molar-refractivity contribution in [3.05, 3.63) is 52.2 Å². The Morgan fingerprint density at radius 2 is 2.07 bits per heavy atom. The van der Waals surface area contributed by atoms with E-state index in [2.05, 4.69) is 38.0 Å². The second-order valence-electron chi connectivity index (χ2n) is 6.96. The summed E-state index contributed by atoms with van der Waals surface area (Å²) in [5, 5.41) is 20.0. The zero-order valence-electron chi connectivity index (χ0n) is 16.7. The maximum atomic E-state index is 12.8. The van der Waals surface area contributed by atoms with Gasteiger partial charge < -0.3 is 10.6 Å². The van der Waals surface area contributed by atoms with E-state index >= 15 is 0 Å². The fourth-order valence-corrected chi connectivity index (χ4v) is 4.55. The number of aryl methyl sites for hydroxylation is 1. The van der Waals surface area contributed by atoms with Crippen LogP contribution in [0.1, 0.15) is 41.4 Å². The first-order chi connectivity index (χ1) is 14.6. The van der Waals surface area contributed by atoms with Crippen molar-refractivity contribution >= 4 is 55.1 Å². The number of carbonyl (C=O) groups excluding carboxylic acids is 1. The lowest BCUT2D eigenvalue weighted by Gasteiger charge is -2.07. The minimum Gasteiger partial charge on any atom is -0.363 e. The number of rotatable bonds is 7. The minimum absolute atomic E-state index is 0.122. The predicted molar refractivity (Wildman–Crippen MR) is 121 cm³/mol. The quantitative estimate of drug-likeness (QED) is 0.403. The van der Waals surface area contributed by atoms with E-state index in [0.717, 1.165) is 33.6 Å². The van der Waals surface area contributed by atoms with Crippen molar-refractivity contribution < 1.29 is 4.79 Å². The van der Waals surface area contributed by atoms with Crippen LogP contribution in [0.4, 0.5) is 5.82 Å². The second-order valence-corrected chi connectivity index (χ2v) is 8.37. The molecular weight excluding hydrogens is 420 g/mol. The van der Waals surface area contributed by atoms with Crippen molar-refractivity contribution in [2.24, 2.45) is 0 Å². The summed E-state index contributed by atoms with van der Waals surface area (Å²) in [6.07, 6.45) is 1.95. The van der Waals surface area contributed by atoms with Crippen LogP contribution in [0.2, 0.25) is 5.02 Å². The molecule has 7 nitrogen and oxygen atoms in total. The van der Waals surface area contributed by atoms with E-state index in [1.165, 1.54) is 11.3 Å². The number of amides is 1. The van der Waals surface area contributed by atoms with Crippen molar-refractivity contribution in [2.45, 2.75) is 33.2 Å². The predicted octanol–water partition coefficient (Wildman–Crippen LogP) is 4.74. The fraction of sp³-hybridized carbons (Fsp3) is 0.286. The number of hydrogen-bond donors (Lipinski definition) is 2. The third-order valence-electron chi connectivity index (χ3n) is 4.73. The molecule has 4 rings (SSSR count). The van der Waals surface area contributed by atoms with Gasteiger partial charge in [0.2, 0.25) is 0 Å². The average Bonchev–Trinajstić information content (AvgIpc) is 3.11. The molecule has 0 saturated carbocycles. The van der Waals surface area contributed by atoms with Crippen molar-refractivity contribution in [1.29, 1.82) is 0 Å². The second kappa shape index (κ2) is 8.89. The molecule has 30 heavy (non-hydrogen) atoms. The maximum Gasteiger partial charge on any atom is 0.252 e. The zero-order chi connectivity index (χ0) is 21.1. The molecule has 0 aliphatic heterocycles. The molecule has 9 heteroatoms. The number of unbranched alkanes of at least 4 members (excludes halogenated alkanes) is 1. The number of hydrogen-bond acceptors (Lipinski definition) is 7. The van der Waals surface area contributed by atoms with Crippen molar-refractivity contribution in [2.75, 3.05) is 11.9 Å². The van der Waals surface area contributed by atoms with Crippen LogP contribution >= 0.6 is 22.9 Å². The van der Waals surface area contributed by atoms with Gasteiger partial charge in [-0.1, -0.05) is 43.1 Å². The largest absolute Gasteiger partial charge is 0.363 e. The molecular formula is C21H21ClN6OS. The Balaban J connectivity index is 1.74. The summed E-state index contributed by atoms with van der Waals surface area (Å²) < 4.78 is 0.813. The molecule has 0 atom stereocenters. The Morgan fingerprint density at radius 1 is 1.23 bits per heavy atom. The van der Waals surface area contributed by atoms with Crippen LogP contribution < -0.4 is 10.6 Å². The van der Waals surface area contributed by atoms with Crippen molar-refractivity contribution in [3.8, 4) is 0 Å². The highest BCUT2D eigenvalue weighted by molar-refractivity contribution is 7.26. The third kappa shape index (κ3) is 4.06. The van der Waals surface area contributed by atoms with Crippen molar-refractivity contribution in [3.63, 3.8) is 0 Å². The van der Waals surface area contributed by atoms with Gasteiger partial charge in [0, 0.05) is 23.8 Å². The Hall–Kier alpha value is -2.84. The van der Waals surface area contributed by atoms with Crippen LogP contribution in [0.25, 0.3) is 20.4 Å². The number of benzene rings is 1. The SMILES string of the molecule is CCCCNC(=O)c1cc(C)nc2sc3c(NCc4ccccc4Cl)nnnc3c12. The summed E-state index contributed by atoms with van der Waals surface area (Å²) in [4.78, 5) is 18.2. The van der Waals surface area contributed by atoms with Gasteiger partial charge in [0.15, 0.2) is 5.82 Å². The molecule has 0 aliphatic carbocycles. The molecule has 1 amide bonds. The van der Waals surface area contributed by atoms with Crippen molar-refractivity contribution in [1.82, 2.24) is 25.7 Å². The highest BCUT2D eigenvalue weighted by Crippen LogP contribution is 2.36. The molecule has 0 unspecified atom stereocenters. The zero-order valence-corrected chi connectivity index (χ0v) is 18.3. The van der Waals surface area contributed by atoms with Gasteiger partial charge in [-0.3, -0.25) is 4.79 Å². The molecule has 3 heterocycles. The topological polar surface area (TPSA) is 92.7 Å². The first-order valence-corrected chi connectivity index (χ1v) is 11.0. The summed E-state index contributed by atoms with van der Waals surface area (Å²) in [5.74, 6) is 0.473. The van der Waals surface area contributed by atoms with E-state index in [-0.39, 0.29) is 5.91 Å². The van der Waals surface area contributed by atoms with Crippen LogP contribution in [-0.4, -0.2) is 32.8 Å².